The lowest BCUT2D eigenvalue weighted by Crippen LogP contribution is -2.47. The largest absolute Gasteiger partial charge is 0.407 e. The molecule has 166 valence electrons. The highest BCUT2D eigenvalue weighted by Crippen LogP contribution is 2.39. The fourth-order valence-electron chi connectivity index (χ4n) is 3.22. The average Bonchev–Trinajstić information content (AvgIpc) is 3.01. The van der Waals surface area contributed by atoms with E-state index in [0.29, 0.717) is 18.8 Å². The molecule has 31 heavy (non-hydrogen) atoms. The summed E-state index contributed by atoms with van der Waals surface area (Å²) in [6.07, 6.45) is 0.904. The van der Waals surface area contributed by atoms with E-state index in [-0.39, 0.29) is 23.5 Å². The first-order chi connectivity index (χ1) is 14.7. The second-order valence-corrected chi connectivity index (χ2v) is 14.4. The van der Waals surface area contributed by atoms with Gasteiger partial charge in [0.25, 0.3) is 0 Å². The molecule has 0 saturated heterocycles. The molecule has 0 aliphatic heterocycles. The Bertz CT molecular complexity index is 885. The third-order valence-corrected chi connectivity index (χ3v) is 10.6. The predicted molar refractivity (Wildman–Crippen MR) is 126 cm³/mol. The van der Waals surface area contributed by atoms with Crippen LogP contribution in [0.5, 0.6) is 0 Å². The van der Waals surface area contributed by atoms with Crippen molar-refractivity contribution in [3.63, 3.8) is 0 Å². The maximum atomic E-state index is 13.2. The van der Waals surface area contributed by atoms with E-state index in [1.54, 1.807) is 0 Å². The van der Waals surface area contributed by atoms with Gasteiger partial charge in [-0.05, 0) is 35.3 Å². The normalized spacial score (nSPS) is 19.5. The quantitative estimate of drug-likeness (QED) is 0.472. The minimum atomic E-state index is -2.08. The van der Waals surface area contributed by atoms with Gasteiger partial charge in [-0.1, -0.05) is 81.4 Å². The lowest BCUT2D eigenvalue weighted by molar-refractivity contribution is -0.131. The van der Waals surface area contributed by atoms with Gasteiger partial charge >= 0.3 is 0 Å². The molecule has 2 atom stereocenters. The highest BCUT2D eigenvalue weighted by molar-refractivity contribution is 6.74. The van der Waals surface area contributed by atoms with E-state index < -0.39 is 14.4 Å². The molecule has 0 bridgehead atoms. The third kappa shape index (κ3) is 6.23. The van der Waals surface area contributed by atoms with E-state index in [0.717, 1.165) is 11.1 Å². The summed E-state index contributed by atoms with van der Waals surface area (Å²) in [7, 11) is -2.08. The minimum absolute atomic E-state index is 0.0345. The Morgan fingerprint density at radius 1 is 0.839 bits per heavy atom. The van der Waals surface area contributed by atoms with Crippen LogP contribution in [0.2, 0.25) is 18.1 Å². The van der Waals surface area contributed by atoms with E-state index in [1.165, 1.54) is 0 Å². The molecule has 0 saturated carbocycles. The van der Waals surface area contributed by atoms with Crippen molar-refractivity contribution >= 4 is 14.1 Å². The van der Waals surface area contributed by atoms with Crippen LogP contribution in [0.15, 0.2) is 72.3 Å². The first-order valence-electron chi connectivity index (χ1n) is 10.9. The van der Waals surface area contributed by atoms with E-state index in [1.807, 2.05) is 66.7 Å². The number of hydrogen-bond acceptors (Lipinski definition) is 4. The average molecular weight is 439 g/mol. The van der Waals surface area contributed by atoms with Gasteiger partial charge in [-0.3, -0.25) is 4.79 Å². The molecule has 4 nitrogen and oxygen atoms in total. The molecule has 3 rings (SSSR count). The van der Waals surface area contributed by atoms with Gasteiger partial charge < -0.3 is 13.9 Å². The highest BCUT2D eigenvalue weighted by atomic mass is 28.4. The number of carbonyl (C=O) groups excluding carboxylic acids is 1. The van der Waals surface area contributed by atoms with Gasteiger partial charge in [-0.2, -0.15) is 0 Å². The molecule has 2 aromatic carbocycles. The van der Waals surface area contributed by atoms with Gasteiger partial charge in [0, 0.05) is 5.57 Å². The smallest absolute Gasteiger partial charge is 0.193 e. The summed E-state index contributed by atoms with van der Waals surface area (Å²) in [6, 6.07) is 19.9. The van der Waals surface area contributed by atoms with Crippen molar-refractivity contribution in [2.24, 2.45) is 0 Å². The zero-order chi connectivity index (χ0) is 22.5. The van der Waals surface area contributed by atoms with Crippen LogP contribution in [-0.4, -0.2) is 32.9 Å². The zero-order valence-corrected chi connectivity index (χ0v) is 20.3. The van der Waals surface area contributed by atoms with Gasteiger partial charge in [0.15, 0.2) is 14.1 Å². The predicted octanol–water partition coefficient (Wildman–Crippen LogP) is 5.69. The number of ketones is 1. The highest BCUT2D eigenvalue weighted by Gasteiger charge is 2.45. The lowest BCUT2D eigenvalue weighted by atomic mass is 10.2. The van der Waals surface area contributed by atoms with E-state index in [4.69, 9.17) is 13.9 Å². The number of ether oxygens (including phenoxy) is 2. The monoisotopic (exact) mass is 438 g/mol. The number of hydrogen-bond donors (Lipinski definition) is 0. The summed E-state index contributed by atoms with van der Waals surface area (Å²) in [5, 5.41) is 0.0421. The van der Waals surface area contributed by atoms with Crippen molar-refractivity contribution in [1.82, 2.24) is 0 Å². The maximum absolute atomic E-state index is 13.2. The molecule has 5 heteroatoms. The standard InChI is InChI=1S/C26H34O4Si/c1-26(2,3)31(4,5)30-23-16-22(19-28-17-20-12-8-6-9-13-20)24(27)25(23)29-18-21-14-10-7-11-15-21/h6-16,23,25H,17-19H2,1-5H3/t23-,25-/m1/s1. The summed E-state index contributed by atoms with van der Waals surface area (Å²) in [6.45, 7) is 12.1. The second-order valence-electron chi connectivity index (χ2n) is 9.59. The Kier molecular flexibility index (Phi) is 7.65. The van der Waals surface area contributed by atoms with Crippen LogP contribution < -0.4 is 0 Å². The molecular formula is C26H34O4Si. The lowest BCUT2D eigenvalue weighted by Gasteiger charge is -2.39. The van der Waals surface area contributed by atoms with E-state index in [9.17, 15) is 4.79 Å². The summed E-state index contributed by atoms with van der Waals surface area (Å²) in [5.74, 6) is -0.0345. The second kappa shape index (κ2) is 10.0. The fourth-order valence-corrected chi connectivity index (χ4v) is 4.44. The molecule has 0 aromatic heterocycles. The van der Waals surface area contributed by atoms with E-state index >= 15 is 0 Å². The minimum Gasteiger partial charge on any atom is -0.407 e. The topological polar surface area (TPSA) is 44.8 Å². The van der Waals surface area contributed by atoms with E-state index in [2.05, 4.69) is 33.9 Å². The Labute approximate surface area is 187 Å². The van der Waals surface area contributed by atoms with Gasteiger partial charge in [-0.15, -0.1) is 0 Å². The summed E-state index contributed by atoms with van der Waals surface area (Å²) in [5.41, 5.74) is 2.76. The molecular weight excluding hydrogens is 404 g/mol. The Morgan fingerprint density at radius 3 is 1.94 bits per heavy atom. The zero-order valence-electron chi connectivity index (χ0n) is 19.3. The van der Waals surface area contributed by atoms with Crippen molar-refractivity contribution in [3.8, 4) is 0 Å². The van der Waals surface area contributed by atoms with Gasteiger partial charge in [0.1, 0.15) is 6.10 Å². The maximum Gasteiger partial charge on any atom is 0.193 e. The number of carbonyl (C=O) groups is 1. The van der Waals surface area contributed by atoms with Crippen molar-refractivity contribution < 1.29 is 18.7 Å². The molecule has 0 radical (unpaired) electrons. The van der Waals surface area contributed by atoms with Gasteiger partial charge in [0.2, 0.25) is 0 Å². The van der Waals surface area contributed by atoms with Crippen LogP contribution in [-0.2, 0) is 31.9 Å². The summed E-state index contributed by atoms with van der Waals surface area (Å²) >= 11 is 0. The molecule has 0 N–H and O–H groups in total. The third-order valence-electron chi connectivity index (χ3n) is 6.12. The Balaban J connectivity index is 1.70. The molecule has 0 spiro atoms. The first-order valence-corrected chi connectivity index (χ1v) is 13.8. The molecule has 1 aliphatic rings. The fraction of sp³-hybridized carbons (Fsp3) is 0.423. The van der Waals surface area contributed by atoms with Crippen molar-refractivity contribution in [2.45, 2.75) is 64.3 Å². The van der Waals surface area contributed by atoms with Crippen LogP contribution in [0.3, 0.4) is 0 Å². The molecule has 1 aliphatic carbocycles. The van der Waals surface area contributed by atoms with Gasteiger partial charge in [-0.25, -0.2) is 0 Å². The summed E-state index contributed by atoms with van der Waals surface area (Å²) in [4.78, 5) is 13.2. The van der Waals surface area contributed by atoms with Crippen molar-refractivity contribution in [1.29, 1.82) is 0 Å². The molecule has 0 fully saturated rings. The van der Waals surface area contributed by atoms with Crippen LogP contribution >= 0.6 is 0 Å². The van der Waals surface area contributed by atoms with Crippen molar-refractivity contribution in [2.75, 3.05) is 6.61 Å². The Hall–Kier alpha value is -2.05. The molecule has 0 unspecified atom stereocenters. The number of Topliss-reactive ketones (excluding diaryl/α,β-unsaturated/α-hetero) is 1. The SMILES string of the molecule is CC(C)(C)[Si](C)(C)O[C@@H]1C=C(COCc2ccccc2)C(=O)[C@@H]1OCc1ccccc1. The van der Waals surface area contributed by atoms with Crippen molar-refractivity contribution in [3.05, 3.63) is 83.4 Å². The molecule has 0 amide bonds. The first kappa shape index (κ1) is 23.6. The van der Waals surface area contributed by atoms with Crippen LogP contribution in [0.4, 0.5) is 0 Å². The number of benzene rings is 2. The molecule has 2 aromatic rings. The number of rotatable bonds is 9. The van der Waals surface area contributed by atoms with Crippen LogP contribution in [0, 0.1) is 0 Å². The summed E-state index contributed by atoms with van der Waals surface area (Å²) < 4.78 is 18.5. The van der Waals surface area contributed by atoms with Gasteiger partial charge in [0.05, 0.1) is 25.9 Å². The molecule has 0 heterocycles. The Morgan fingerprint density at radius 2 is 1.39 bits per heavy atom. The van der Waals surface area contributed by atoms with Crippen LogP contribution in [0.25, 0.3) is 0 Å². The van der Waals surface area contributed by atoms with Crippen LogP contribution in [0.1, 0.15) is 31.9 Å².